The number of fused-ring (bicyclic) bond motifs is 1. The van der Waals surface area contributed by atoms with Crippen LogP contribution in [0, 0.1) is 6.92 Å². The molecule has 6 heteroatoms. The van der Waals surface area contributed by atoms with Crippen molar-refractivity contribution in [2.45, 2.75) is 25.4 Å². The minimum absolute atomic E-state index is 0.178. The van der Waals surface area contributed by atoms with Gasteiger partial charge >= 0.3 is 0 Å². The third-order valence-electron chi connectivity index (χ3n) is 5.88. The molecular weight excluding hydrogens is 340 g/mol. The molecule has 0 radical (unpaired) electrons. The number of amides is 1. The van der Waals surface area contributed by atoms with Crippen LogP contribution in [0.3, 0.4) is 0 Å². The third kappa shape index (κ3) is 3.98. The van der Waals surface area contributed by atoms with E-state index >= 15 is 0 Å². The average Bonchev–Trinajstić information content (AvgIpc) is 2.69. The van der Waals surface area contributed by atoms with Crippen molar-refractivity contribution in [3.05, 3.63) is 41.6 Å². The van der Waals surface area contributed by atoms with E-state index in [0.29, 0.717) is 32.5 Å². The molecule has 6 nitrogen and oxygen atoms in total. The average molecular weight is 368 g/mol. The third-order valence-corrected chi connectivity index (χ3v) is 5.88. The number of piperazine rings is 1. The molecule has 2 saturated heterocycles. The fraction of sp³-hybridized carbons (Fsp3) is 0.524. The number of aliphatic hydroxyl groups is 1. The van der Waals surface area contributed by atoms with Crippen LogP contribution in [-0.2, 0) is 10.4 Å². The Hall–Kier alpha value is -2.02. The number of carbonyl (C=O) groups is 1. The molecule has 27 heavy (non-hydrogen) atoms. The molecule has 0 bridgehead atoms. The van der Waals surface area contributed by atoms with Gasteiger partial charge in [-0.25, -0.2) is 0 Å². The van der Waals surface area contributed by atoms with Crippen molar-refractivity contribution in [2.24, 2.45) is 0 Å². The van der Waals surface area contributed by atoms with Crippen LogP contribution in [0.15, 0.2) is 30.3 Å². The summed E-state index contributed by atoms with van der Waals surface area (Å²) in [7, 11) is 0. The van der Waals surface area contributed by atoms with Gasteiger partial charge in [-0.15, -0.1) is 0 Å². The summed E-state index contributed by atoms with van der Waals surface area (Å²) in [6, 6.07) is 10.1. The number of benzene rings is 1. The molecular formula is C21H28N4O2. The Balaban J connectivity index is 1.41. The lowest BCUT2D eigenvalue weighted by atomic mass is 9.84. The van der Waals surface area contributed by atoms with E-state index in [0.717, 1.165) is 48.3 Å². The second kappa shape index (κ2) is 7.54. The predicted molar refractivity (Wildman–Crippen MR) is 106 cm³/mol. The fourth-order valence-corrected chi connectivity index (χ4v) is 4.09. The maximum absolute atomic E-state index is 12.6. The van der Waals surface area contributed by atoms with E-state index in [1.807, 2.05) is 36.1 Å². The lowest BCUT2D eigenvalue weighted by Gasteiger charge is -2.39. The van der Waals surface area contributed by atoms with Crippen LogP contribution in [0.4, 0.5) is 0 Å². The Labute approximate surface area is 160 Å². The van der Waals surface area contributed by atoms with Gasteiger partial charge in [0.1, 0.15) is 0 Å². The molecule has 1 aromatic heterocycles. The number of nitrogens with one attached hydrogen (secondary N) is 1. The summed E-state index contributed by atoms with van der Waals surface area (Å²) in [5, 5.41) is 15.6. The fourth-order valence-electron chi connectivity index (χ4n) is 4.09. The molecule has 0 aliphatic carbocycles. The van der Waals surface area contributed by atoms with Gasteiger partial charge in [-0.3, -0.25) is 14.7 Å². The van der Waals surface area contributed by atoms with Crippen LogP contribution < -0.4 is 5.32 Å². The van der Waals surface area contributed by atoms with Gasteiger partial charge in [0.05, 0.1) is 17.7 Å². The van der Waals surface area contributed by atoms with Gasteiger partial charge in [0.25, 0.3) is 0 Å². The van der Waals surface area contributed by atoms with Crippen LogP contribution in [0.2, 0.25) is 0 Å². The molecule has 2 aliphatic heterocycles. The van der Waals surface area contributed by atoms with Crippen molar-refractivity contribution < 1.29 is 9.90 Å². The lowest BCUT2D eigenvalue weighted by Crippen LogP contribution is -2.51. The van der Waals surface area contributed by atoms with E-state index in [1.54, 1.807) is 0 Å². The molecule has 0 atom stereocenters. The quantitative estimate of drug-likeness (QED) is 0.854. The van der Waals surface area contributed by atoms with Crippen molar-refractivity contribution in [3.63, 3.8) is 0 Å². The summed E-state index contributed by atoms with van der Waals surface area (Å²) in [5.41, 5.74) is 2.00. The molecule has 1 amide bonds. The Bertz CT molecular complexity index is 824. The Kier molecular flexibility index (Phi) is 5.12. The van der Waals surface area contributed by atoms with Gasteiger partial charge in [-0.05, 0) is 43.5 Å². The van der Waals surface area contributed by atoms with Gasteiger partial charge in [0, 0.05) is 50.3 Å². The van der Waals surface area contributed by atoms with Crippen LogP contribution in [-0.4, -0.2) is 71.6 Å². The number of likely N-dealkylation sites (tertiary alicyclic amines) is 1. The molecule has 1 aromatic carbocycles. The van der Waals surface area contributed by atoms with Crippen LogP contribution in [0.5, 0.6) is 0 Å². The number of piperidine rings is 1. The summed E-state index contributed by atoms with van der Waals surface area (Å²) in [4.78, 5) is 21.2. The maximum atomic E-state index is 12.6. The number of aromatic nitrogens is 1. The zero-order valence-electron chi connectivity index (χ0n) is 15.9. The largest absolute Gasteiger partial charge is 0.385 e. The molecule has 2 aromatic rings. The van der Waals surface area contributed by atoms with Crippen LogP contribution in [0.25, 0.3) is 10.9 Å². The van der Waals surface area contributed by atoms with Gasteiger partial charge in [0.15, 0.2) is 0 Å². The van der Waals surface area contributed by atoms with E-state index in [1.165, 1.54) is 0 Å². The predicted octanol–water partition coefficient (Wildman–Crippen LogP) is 1.26. The minimum Gasteiger partial charge on any atom is -0.385 e. The topological polar surface area (TPSA) is 68.7 Å². The summed E-state index contributed by atoms with van der Waals surface area (Å²) < 4.78 is 0. The highest BCUT2D eigenvalue weighted by molar-refractivity contribution is 5.80. The highest BCUT2D eigenvalue weighted by Crippen LogP contribution is 2.34. The van der Waals surface area contributed by atoms with E-state index < -0.39 is 5.60 Å². The molecule has 2 fully saturated rings. The second-order valence-electron chi connectivity index (χ2n) is 7.80. The standard InChI is InChI=1S/C21H28N4O2/c1-16-2-3-17-14-18(4-5-19(17)23-16)21(27)6-10-25(11-7-21)20(26)15-24-12-8-22-9-13-24/h2-5,14,22,27H,6-13,15H2,1H3. The summed E-state index contributed by atoms with van der Waals surface area (Å²) >= 11 is 0. The van der Waals surface area contributed by atoms with Crippen molar-refractivity contribution >= 4 is 16.8 Å². The van der Waals surface area contributed by atoms with E-state index in [2.05, 4.69) is 21.3 Å². The zero-order chi connectivity index (χ0) is 18.9. The smallest absolute Gasteiger partial charge is 0.236 e. The van der Waals surface area contributed by atoms with Crippen molar-refractivity contribution in [2.75, 3.05) is 45.8 Å². The molecule has 2 N–H and O–H groups in total. The van der Waals surface area contributed by atoms with E-state index in [4.69, 9.17) is 0 Å². The Morgan fingerprint density at radius 2 is 1.89 bits per heavy atom. The minimum atomic E-state index is -0.870. The van der Waals surface area contributed by atoms with Gasteiger partial charge < -0.3 is 15.3 Å². The molecule has 0 unspecified atom stereocenters. The monoisotopic (exact) mass is 368 g/mol. The lowest BCUT2D eigenvalue weighted by molar-refractivity contribution is -0.137. The van der Waals surface area contributed by atoms with Gasteiger partial charge in [-0.1, -0.05) is 12.1 Å². The highest BCUT2D eigenvalue weighted by Gasteiger charge is 2.35. The summed E-state index contributed by atoms with van der Waals surface area (Å²) in [6.07, 6.45) is 1.15. The van der Waals surface area contributed by atoms with E-state index in [9.17, 15) is 9.90 Å². The number of nitrogens with zero attached hydrogens (tertiary/aromatic N) is 3. The normalized spacial score (nSPS) is 20.7. The zero-order valence-corrected chi connectivity index (χ0v) is 15.9. The maximum Gasteiger partial charge on any atom is 0.236 e. The first-order chi connectivity index (χ1) is 13.0. The first kappa shape index (κ1) is 18.3. The number of aryl methyl sites for hydroxylation is 1. The summed E-state index contributed by atoms with van der Waals surface area (Å²) in [5.74, 6) is 0.178. The van der Waals surface area contributed by atoms with Crippen molar-refractivity contribution in [1.29, 1.82) is 0 Å². The molecule has 144 valence electrons. The molecule has 4 rings (SSSR count). The molecule has 0 spiro atoms. The van der Waals surface area contributed by atoms with E-state index in [-0.39, 0.29) is 5.91 Å². The highest BCUT2D eigenvalue weighted by atomic mass is 16.3. The first-order valence-corrected chi connectivity index (χ1v) is 9.85. The van der Waals surface area contributed by atoms with Crippen molar-refractivity contribution in [1.82, 2.24) is 20.1 Å². The number of rotatable bonds is 3. The van der Waals surface area contributed by atoms with Crippen LogP contribution in [0.1, 0.15) is 24.1 Å². The van der Waals surface area contributed by atoms with Gasteiger partial charge in [0.2, 0.25) is 5.91 Å². The number of pyridine rings is 1. The second-order valence-corrected chi connectivity index (χ2v) is 7.80. The van der Waals surface area contributed by atoms with Crippen LogP contribution >= 0.6 is 0 Å². The molecule has 2 aliphatic rings. The first-order valence-electron chi connectivity index (χ1n) is 9.85. The molecule has 3 heterocycles. The van der Waals surface area contributed by atoms with Crippen molar-refractivity contribution in [3.8, 4) is 0 Å². The number of hydrogen-bond acceptors (Lipinski definition) is 5. The SMILES string of the molecule is Cc1ccc2cc(C3(O)CCN(C(=O)CN4CCNCC4)CC3)ccc2n1. The Morgan fingerprint density at radius 1 is 1.15 bits per heavy atom. The number of carbonyl (C=O) groups excluding carboxylic acids is 1. The number of hydrogen-bond donors (Lipinski definition) is 2. The Morgan fingerprint density at radius 3 is 2.63 bits per heavy atom. The molecule has 0 saturated carbocycles. The van der Waals surface area contributed by atoms with Gasteiger partial charge in [-0.2, -0.15) is 0 Å². The summed E-state index contributed by atoms with van der Waals surface area (Å²) in [6.45, 7) is 7.42.